The monoisotopic (exact) mass is 545 g/mol. The number of aromatic nitrogens is 3. The average molecular weight is 547 g/mol. The number of fused-ring (bicyclic) bond motifs is 2. The Kier molecular flexibility index (Phi) is 9.79. The Labute approximate surface area is 221 Å². The highest BCUT2D eigenvalue weighted by Crippen LogP contribution is 2.44. The third kappa shape index (κ3) is 4.92. The number of benzene rings is 1. The molecule has 1 aliphatic heterocycles. The van der Waals surface area contributed by atoms with E-state index in [0.717, 1.165) is 81.3 Å². The number of nitrogen functional groups attached to an aromatic ring is 1. The fourth-order valence-electron chi connectivity index (χ4n) is 4.49. The summed E-state index contributed by atoms with van der Waals surface area (Å²) in [5.74, 6) is 1.35. The number of methoxy groups -OCH3 is 1. The first-order valence-corrected chi connectivity index (χ1v) is 11.3. The molecule has 0 spiro atoms. The lowest BCUT2D eigenvalue weighted by molar-refractivity contribution is 0.229. The van der Waals surface area contributed by atoms with Gasteiger partial charge in [-0.2, -0.15) is 5.10 Å². The highest BCUT2D eigenvalue weighted by Gasteiger charge is 2.25. The van der Waals surface area contributed by atoms with E-state index < -0.39 is 0 Å². The fraction of sp³-hybridized carbons (Fsp3) is 0.364. The molecular formula is C22H30Cl3N7OS. The van der Waals surface area contributed by atoms with E-state index in [1.807, 2.05) is 4.52 Å². The van der Waals surface area contributed by atoms with Crippen LogP contribution in [-0.4, -0.2) is 52.8 Å². The van der Waals surface area contributed by atoms with Gasteiger partial charge in [0.25, 0.3) is 0 Å². The van der Waals surface area contributed by atoms with Crippen LogP contribution in [0.3, 0.4) is 0 Å². The number of aryl methyl sites for hydroxylation is 1. The van der Waals surface area contributed by atoms with Crippen LogP contribution in [0.25, 0.3) is 26.0 Å². The first-order chi connectivity index (χ1) is 15.1. The standard InChI is InChI=1S/C22H27N7OS.3ClH/c1-13-7-14-9-18(31-21(14)17(8-13)30-2)19-15(10-23)16(11-28-5-3-25-4-6-28)29-20(19)22(24)26-12-27-29;;;/h7-9,12,25H,3-6,10-11,23H2,1-2H3,(H2,24,26,27);3*1H. The number of hydrogen-bond donors (Lipinski definition) is 3. The van der Waals surface area contributed by atoms with Crippen LogP contribution in [0.2, 0.25) is 0 Å². The predicted molar refractivity (Wildman–Crippen MR) is 147 cm³/mol. The number of nitrogens with zero attached hydrogens (tertiary/aromatic N) is 4. The van der Waals surface area contributed by atoms with Gasteiger partial charge in [0.2, 0.25) is 0 Å². The minimum atomic E-state index is 0. The van der Waals surface area contributed by atoms with Gasteiger partial charge in [0.05, 0.1) is 17.5 Å². The smallest absolute Gasteiger partial charge is 0.152 e. The first-order valence-electron chi connectivity index (χ1n) is 10.4. The van der Waals surface area contributed by atoms with Crippen LogP contribution in [0.4, 0.5) is 5.82 Å². The highest BCUT2D eigenvalue weighted by molar-refractivity contribution is 7.22. The lowest BCUT2D eigenvalue weighted by atomic mass is 10.1. The molecular weight excluding hydrogens is 517 g/mol. The second kappa shape index (κ2) is 11.7. The van der Waals surface area contributed by atoms with E-state index in [4.69, 9.17) is 16.2 Å². The molecule has 8 nitrogen and oxygen atoms in total. The summed E-state index contributed by atoms with van der Waals surface area (Å²) >= 11 is 1.69. The number of hydrogen-bond acceptors (Lipinski definition) is 8. The number of halogens is 3. The van der Waals surface area contributed by atoms with Gasteiger partial charge in [0, 0.05) is 49.7 Å². The number of rotatable bonds is 5. The Bertz CT molecular complexity index is 1270. The Morgan fingerprint density at radius 3 is 2.56 bits per heavy atom. The van der Waals surface area contributed by atoms with Crippen molar-refractivity contribution < 1.29 is 4.74 Å². The molecule has 0 unspecified atom stereocenters. The van der Waals surface area contributed by atoms with Crippen molar-refractivity contribution in [3.63, 3.8) is 0 Å². The zero-order chi connectivity index (χ0) is 21.5. The molecule has 5 N–H and O–H groups in total. The van der Waals surface area contributed by atoms with E-state index >= 15 is 0 Å². The van der Waals surface area contributed by atoms with Crippen molar-refractivity contribution in [1.29, 1.82) is 0 Å². The van der Waals surface area contributed by atoms with Crippen LogP contribution >= 0.6 is 48.6 Å². The Morgan fingerprint density at radius 1 is 1.15 bits per heavy atom. The van der Waals surface area contributed by atoms with Gasteiger partial charge >= 0.3 is 0 Å². The van der Waals surface area contributed by atoms with E-state index in [9.17, 15) is 0 Å². The number of nitrogens with two attached hydrogens (primary N) is 2. The van der Waals surface area contributed by atoms with Gasteiger partial charge in [0.15, 0.2) is 5.82 Å². The van der Waals surface area contributed by atoms with E-state index in [0.29, 0.717) is 12.4 Å². The zero-order valence-corrected chi connectivity index (χ0v) is 22.3. The Balaban J connectivity index is 0.00000136. The normalized spacial score (nSPS) is 13.9. The second-order valence-electron chi connectivity index (χ2n) is 7.93. The van der Waals surface area contributed by atoms with Crippen molar-refractivity contribution in [2.24, 2.45) is 5.73 Å². The van der Waals surface area contributed by atoms with Gasteiger partial charge < -0.3 is 21.5 Å². The maximum absolute atomic E-state index is 6.38. The Hall–Kier alpha value is -1.85. The van der Waals surface area contributed by atoms with Gasteiger partial charge in [-0.05, 0) is 35.6 Å². The predicted octanol–water partition coefficient (Wildman–Crippen LogP) is 3.64. The number of ether oxygens (including phenoxy) is 1. The molecule has 3 aromatic heterocycles. The van der Waals surface area contributed by atoms with Crippen molar-refractivity contribution in [3.05, 3.63) is 41.3 Å². The summed E-state index contributed by atoms with van der Waals surface area (Å²) in [4.78, 5) is 7.82. The number of anilines is 1. The average Bonchev–Trinajstić information content (AvgIpc) is 3.33. The van der Waals surface area contributed by atoms with Crippen molar-refractivity contribution in [2.45, 2.75) is 20.0 Å². The summed E-state index contributed by atoms with van der Waals surface area (Å²) in [7, 11) is 1.71. The summed E-state index contributed by atoms with van der Waals surface area (Å²) in [6.45, 7) is 7.22. The molecule has 5 rings (SSSR count). The van der Waals surface area contributed by atoms with E-state index in [1.165, 1.54) is 6.33 Å². The zero-order valence-electron chi connectivity index (χ0n) is 19.0. The molecule has 34 heavy (non-hydrogen) atoms. The molecule has 4 heterocycles. The first kappa shape index (κ1) is 28.4. The molecule has 0 bridgehead atoms. The van der Waals surface area contributed by atoms with Crippen LogP contribution in [0.1, 0.15) is 16.8 Å². The van der Waals surface area contributed by atoms with Crippen LogP contribution in [-0.2, 0) is 13.1 Å². The molecule has 1 saturated heterocycles. The van der Waals surface area contributed by atoms with E-state index in [1.54, 1.807) is 18.4 Å². The summed E-state index contributed by atoms with van der Waals surface area (Å²) in [5, 5.41) is 9.13. The minimum absolute atomic E-state index is 0. The minimum Gasteiger partial charge on any atom is -0.495 e. The number of nitrogens with one attached hydrogen (secondary N) is 1. The van der Waals surface area contributed by atoms with Crippen LogP contribution in [0.5, 0.6) is 5.75 Å². The SMILES string of the molecule is COc1cc(C)cc2cc(-c3c(CN)c(CN4CCNCC4)n4ncnc(N)c34)sc12.Cl.Cl.Cl. The Morgan fingerprint density at radius 2 is 1.88 bits per heavy atom. The van der Waals surface area contributed by atoms with E-state index in [-0.39, 0.29) is 37.2 Å². The molecule has 12 heteroatoms. The fourth-order valence-corrected chi connectivity index (χ4v) is 5.69. The quantitative estimate of drug-likeness (QED) is 0.351. The van der Waals surface area contributed by atoms with Gasteiger partial charge in [-0.15, -0.1) is 48.6 Å². The summed E-state index contributed by atoms with van der Waals surface area (Å²) in [6, 6.07) is 6.45. The van der Waals surface area contributed by atoms with Crippen LogP contribution in [0, 0.1) is 6.92 Å². The van der Waals surface area contributed by atoms with Crippen molar-refractivity contribution in [3.8, 4) is 16.2 Å². The summed E-state index contributed by atoms with van der Waals surface area (Å²) < 4.78 is 8.70. The molecule has 1 aromatic carbocycles. The molecule has 0 saturated carbocycles. The maximum atomic E-state index is 6.38. The molecule has 0 aliphatic carbocycles. The molecule has 1 aliphatic rings. The van der Waals surface area contributed by atoms with Crippen LogP contribution < -0.4 is 21.5 Å². The molecule has 0 atom stereocenters. The topological polar surface area (TPSA) is 107 Å². The third-order valence-corrected chi connectivity index (χ3v) is 7.12. The number of thiophene rings is 1. The van der Waals surface area contributed by atoms with Gasteiger partial charge in [-0.1, -0.05) is 6.07 Å². The van der Waals surface area contributed by atoms with Crippen molar-refractivity contribution in [2.75, 3.05) is 39.0 Å². The van der Waals surface area contributed by atoms with Crippen LogP contribution in [0.15, 0.2) is 24.5 Å². The summed E-state index contributed by atoms with van der Waals surface area (Å²) in [5.41, 5.74) is 17.9. The molecule has 4 aromatic rings. The maximum Gasteiger partial charge on any atom is 0.152 e. The molecule has 186 valence electrons. The number of piperazine rings is 1. The van der Waals surface area contributed by atoms with Crippen molar-refractivity contribution >= 4 is 70.0 Å². The lowest BCUT2D eigenvalue weighted by Gasteiger charge is -2.27. The second-order valence-corrected chi connectivity index (χ2v) is 8.98. The van der Waals surface area contributed by atoms with Crippen molar-refractivity contribution in [1.82, 2.24) is 24.8 Å². The van der Waals surface area contributed by atoms with Gasteiger partial charge in [-0.25, -0.2) is 9.50 Å². The van der Waals surface area contributed by atoms with Gasteiger partial charge in [-0.3, -0.25) is 4.90 Å². The third-order valence-electron chi connectivity index (χ3n) is 5.94. The summed E-state index contributed by atoms with van der Waals surface area (Å²) in [6.07, 6.45) is 1.52. The van der Waals surface area contributed by atoms with Gasteiger partial charge in [0.1, 0.15) is 17.6 Å². The highest BCUT2D eigenvalue weighted by atomic mass is 35.5. The molecule has 0 amide bonds. The molecule has 0 radical (unpaired) electrons. The van der Waals surface area contributed by atoms with E-state index in [2.05, 4.69) is 45.4 Å². The molecule has 1 fully saturated rings. The lowest BCUT2D eigenvalue weighted by Crippen LogP contribution is -2.43. The largest absolute Gasteiger partial charge is 0.495 e.